The monoisotopic (exact) mass is 332 g/mol. The maximum Gasteiger partial charge on any atom is 0.331 e. The topological polar surface area (TPSA) is 79.2 Å². The lowest BCUT2D eigenvalue weighted by Crippen LogP contribution is -2.50. The molecule has 0 fully saturated rings. The molecule has 0 radical (unpaired) electrons. The average molecular weight is 332 g/mol. The van der Waals surface area contributed by atoms with Crippen molar-refractivity contribution in [2.45, 2.75) is 31.2 Å². The Kier molecular flexibility index (Phi) is 7.36. The van der Waals surface area contributed by atoms with Gasteiger partial charge >= 0.3 is 5.97 Å². The van der Waals surface area contributed by atoms with Crippen molar-refractivity contribution in [1.82, 2.24) is 5.32 Å². The highest BCUT2D eigenvalue weighted by molar-refractivity contribution is 8.02. The maximum absolute atomic E-state index is 11.8. The number of thioether (sulfide) groups is 1. The molecule has 23 heavy (non-hydrogen) atoms. The predicted octanol–water partition coefficient (Wildman–Crippen LogP) is 2.89. The third kappa shape index (κ3) is 6.57. The van der Waals surface area contributed by atoms with Crippen molar-refractivity contribution in [3.05, 3.63) is 41.8 Å². The molecule has 1 aromatic rings. The number of rotatable bonds is 7. The molecule has 0 aliphatic carbocycles. The Morgan fingerprint density at radius 1 is 1.39 bits per heavy atom. The van der Waals surface area contributed by atoms with Crippen molar-refractivity contribution < 1.29 is 14.3 Å². The van der Waals surface area contributed by atoms with Gasteiger partial charge in [-0.15, -0.1) is 0 Å². The van der Waals surface area contributed by atoms with Crippen LogP contribution in [-0.2, 0) is 14.3 Å². The Hall–Kier alpha value is -2.26. The van der Waals surface area contributed by atoms with Gasteiger partial charge in [-0.05, 0) is 30.4 Å². The van der Waals surface area contributed by atoms with E-state index in [0.29, 0.717) is 0 Å². The summed E-state index contributed by atoms with van der Waals surface area (Å²) >= 11 is 1.38. The SMILES string of the molecule is CC(C)[C@@](C)(C#N)NC(=O)COC(=O)/C=C/Sc1ccccc1. The van der Waals surface area contributed by atoms with E-state index in [1.54, 1.807) is 12.3 Å². The van der Waals surface area contributed by atoms with E-state index in [-0.39, 0.29) is 5.92 Å². The van der Waals surface area contributed by atoms with Crippen LogP contribution in [0.25, 0.3) is 0 Å². The number of esters is 1. The lowest BCUT2D eigenvalue weighted by atomic mass is 9.90. The van der Waals surface area contributed by atoms with Crippen LogP contribution in [0, 0.1) is 17.2 Å². The first kappa shape index (κ1) is 18.8. The molecule has 0 heterocycles. The van der Waals surface area contributed by atoms with E-state index in [0.717, 1.165) is 4.90 Å². The molecule has 0 aliphatic heterocycles. The Bertz CT molecular complexity index is 608. The first-order valence-corrected chi connectivity index (χ1v) is 8.02. The zero-order chi connectivity index (χ0) is 17.3. The molecule has 0 aliphatic rings. The van der Waals surface area contributed by atoms with Gasteiger partial charge in [-0.1, -0.05) is 43.8 Å². The van der Waals surface area contributed by atoms with Crippen LogP contribution in [0.2, 0.25) is 0 Å². The summed E-state index contributed by atoms with van der Waals surface area (Å²) in [6.07, 6.45) is 1.26. The zero-order valence-corrected chi connectivity index (χ0v) is 14.2. The number of amides is 1. The summed E-state index contributed by atoms with van der Waals surface area (Å²) in [5, 5.41) is 13.3. The second kappa shape index (κ2) is 9.01. The summed E-state index contributed by atoms with van der Waals surface area (Å²) in [5.74, 6) is -1.17. The average Bonchev–Trinajstić information content (AvgIpc) is 2.53. The largest absolute Gasteiger partial charge is 0.452 e. The van der Waals surface area contributed by atoms with Gasteiger partial charge in [0.1, 0.15) is 5.54 Å². The van der Waals surface area contributed by atoms with Crippen LogP contribution in [0.5, 0.6) is 0 Å². The highest BCUT2D eigenvalue weighted by Crippen LogP contribution is 2.18. The first-order valence-electron chi connectivity index (χ1n) is 7.14. The van der Waals surface area contributed by atoms with Crippen molar-refractivity contribution in [3.63, 3.8) is 0 Å². The Morgan fingerprint density at radius 3 is 2.61 bits per heavy atom. The number of hydrogen-bond donors (Lipinski definition) is 1. The van der Waals surface area contributed by atoms with Gasteiger partial charge in [-0.25, -0.2) is 4.79 Å². The predicted molar refractivity (Wildman–Crippen MR) is 89.4 cm³/mol. The molecule has 1 aromatic carbocycles. The summed E-state index contributed by atoms with van der Waals surface area (Å²) in [7, 11) is 0. The minimum absolute atomic E-state index is 0.0608. The standard InChI is InChI=1S/C17H20N2O3S/c1-13(2)17(3,12-18)19-15(20)11-22-16(21)9-10-23-14-7-5-4-6-8-14/h4-10,13H,11H2,1-3H3,(H,19,20)/b10-9+/t17-/m1/s1. The third-order valence-corrected chi connectivity index (χ3v) is 4.10. The van der Waals surface area contributed by atoms with Crippen LogP contribution in [0.4, 0.5) is 0 Å². The second-order valence-corrected chi connectivity index (χ2v) is 6.34. The minimum atomic E-state index is -0.984. The fourth-order valence-electron chi connectivity index (χ4n) is 1.48. The molecule has 6 heteroatoms. The van der Waals surface area contributed by atoms with Gasteiger partial charge in [0.15, 0.2) is 6.61 Å². The number of hydrogen-bond acceptors (Lipinski definition) is 5. The molecular formula is C17H20N2O3S. The Balaban J connectivity index is 2.38. The van der Waals surface area contributed by atoms with E-state index in [4.69, 9.17) is 10.00 Å². The van der Waals surface area contributed by atoms with Crippen molar-refractivity contribution >= 4 is 23.6 Å². The van der Waals surface area contributed by atoms with Gasteiger partial charge in [-0.3, -0.25) is 4.79 Å². The van der Waals surface area contributed by atoms with Crippen LogP contribution < -0.4 is 5.32 Å². The lowest BCUT2D eigenvalue weighted by molar-refractivity contribution is -0.144. The Morgan fingerprint density at radius 2 is 2.04 bits per heavy atom. The van der Waals surface area contributed by atoms with Crippen molar-refractivity contribution in [1.29, 1.82) is 5.26 Å². The van der Waals surface area contributed by atoms with Gasteiger partial charge in [0.25, 0.3) is 5.91 Å². The zero-order valence-electron chi connectivity index (χ0n) is 13.4. The number of nitriles is 1. The number of nitrogens with zero attached hydrogens (tertiary/aromatic N) is 1. The number of benzene rings is 1. The van der Waals surface area contributed by atoms with E-state index < -0.39 is 24.0 Å². The van der Waals surface area contributed by atoms with E-state index in [1.807, 2.05) is 44.2 Å². The van der Waals surface area contributed by atoms with Gasteiger partial charge in [0.05, 0.1) is 6.07 Å². The van der Waals surface area contributed by atoms with E-state index in [2.05, 4.69) is 11.4 Å². The van der Waals surface area contributed by atoms with E-state index in [9.17, 15) is 9.59 Å². The smallest absolute Gasteiger partial charge is 0.331 e. The van der Waals surface area contributed by atoms with Crippen molar-refractivity contribution in [2.24, 2.45) is 5.92 Å². The Labute approximate surface area is 140 Å². The summed E-state index contributed by atoms with van der Waals surface area (Å²) in [6, 6.07) is 11.6. The van der Waals surface area contributed by atoms with Crippen molar-refractivity contribution in [2.75, 3.05) is 6.61 Å². The van der Waals surface area contributed by atoms with Gasteiger partial charge in [-0.2, -0.15) is 5.26 Å². The van der Waals surface area contributed by atoms with Crippen molar-refractivity contribution in [3.8, 4) is 6.07 Å². The number of ether oxygens (including phenoxy) is 1. The minimum Gasteiger partial charge on any atom is -0.452 e. The summed E-state index contributed by atoms with van der Waals surface area (Å²) in [5.41, 5.74) is -0.984. The fourth-order valence-corrected chi connectivity index (χ4v) is 2.13. The molecule has 1 N–H and O–H groups in total. The van der Waals surface area contributed by atoms with Gasteiger partial charge < -0.3 is 10.1 Å². The van der Waals surface area contributed by atoms with Gasteiger partial charge in [0, 0.05) is 11.0 Å². The molecule has 0 saturated carbocycles. The van der Waals surface area contributed by atoms with E-state index >= 15 is 0 Å². The van der Waals surface area contributed by atoms with Crippen LogP contribution in [0.15, 0.2) is 46.7 Å². The fraction of sp³-hybridized carbons (Fsp3) is 0.353. The molecule has 1 atom stereocenters. The lowest BCUT2D eigenvalue weighted by Gasteiger charge is -2.27. The third-order valence-electron chi connectivity index (χ3n) is 3.28. The van der Waals surface area contributed by atoms with Crippen LogP contribution in [-0.4, -0.2) is 24.0 Å². The molecule has 1 rings (SSSR count). The second-order valence-electron chi connectivity index (χ2n) is 5.36. The quantitative estimate of drug-likeness (QED) is 0.472. The molecular weight excluding hydrogens is 312 g/mol. The molecule has 0 bridgehead atoms. The molecule has 0 unspecified atom stereocenters. The number of carbonyl (C=O) groups is 2. The number of carbonyl (C=O) groups excluding carboxylic acids is 2. The molecule has 0 aromatic heterocycles. The molecule has 0 spiro atoms. The number of nitrogens with one attached hydrogen (secondary N) is 1. The highest BCUT2D eigenvalue weighted by atomic mass is 32.2. The van der Waals surface area contributed by atoms with Crippen LogP contribution >= 0.6 is 11.8 Å². The van der Waals surface area contributed by atoms with Gasteiger partial charge in [0.2, 0.25) is 0 Å². The maximum atomic E-state index is 11.8. The summed E-state index contributed by atoms with van der Waals surface area (Å²) < 4.78 is 4.85. The molecule has 5 nitrogen and oxygen atoms in total. The summed E-state index contributed by atoms with van der Waals surface area (Å²) in [4.78, 5) is 24.3. The normalized spacial score (nSPS) is 13.3. The first-order chi connectivity index (χ1) is 10.9. The van der Waals surface area contributed by atoms with Crippen LogP contribution in [0.1, 0.15) is 20.8 Å². The molecule has 1 amide bonds. The molecule has 0 saturated heterocycles. The summed E-state index contributed by atoms with van der Waals surface area (Å²) in [6.45, 7) is 4.88. The highest BCUT2D eigenvalue weighted by Gasteiger charge is 2.30. The molecule has 122 valence electrons. The van der Waals surface area contributed by atoms with Crippen LogP contribution in [0.3, 0.4) is 0 Å². The van der Waals surface area contributed by atoms with E-state index in [1.165, 1.54) is 17.8 Å².